The Kier molecular flexibility index (Phi) is 6.14. The molecule has 1 atom stereocenters. The van der Waals surface area contributed by atoms with E-state index in [-0.39, 0.29) is 23.7 Å². The van der Waals surface area contributed by atoms with Crippen LogP contribution in [0.2, 0.25) is 0 Å². The zero-order chi connectivity index (χ0) is 17.4. The van der Waals surface area contributed by atoms with E-state index in [9.17, 15) is 13.2 Å². The first kappa shape index (κ1) is 20.2. The molecule has 140 valence electrons. The molecule has 1 aliphatic carbocycles. The first-order chi connectivity index (χ1) is 11.3. The molecule has 0 bridgehead atoms. The number of carbonyl (C=O) groups is 1. The number of nitrogens with zero attached hydrogens (tertiary/aromatic N) is 1. The van der Waals surface area contributed by atoms with Crippen molar-refractivity contribution in [2.75, 3.05) is 24.2 Å². The number of benzene rings is 1. The average Bonchev–Trinajstić information content (AvgIpc) is 2.49. The molecular formula is C17H26ClN3O3S. The highest BCUT2D eigenvalue weighted by Crippen LogP contribution is 2.43. The number of anilines is 1. The Bertz CT molecular complexity index is 717. The molecule has 2 aliphatic rings. The largest absolute Gasteiger partial charge is 0.320 e. The minimum atomic E-state index is -3.20. The van der Waals surface area contributed by atoms with Gasteiger partial charge >= 0.3 is 0 Å². The second-order valence-electron chi connectivity index (χ2n) is 7.01. The monoisotopic (exact) mass is 387 g/mol. The summed E-state index contributed by atoms with van der Waals surface area (Å²) in [5.41, 5.74) is 7.73. The predicted octanol–water partition coefficient (Wildman–Crippen LogP) is 1.53. The summed E-state index contributed by atoms with van der Waals surface area (Å²) in [5.74, 6) is -0.0221. The molecule has 0 spiro atoms. The number of hydrogen-bond acceptors (Lipinski definition) is 4. The SMILES string of the molecule is CS(=O)(=O)NCC1(c2ccc(N3CCC[C@@H](N)C3=O)cc2)CCC1.Cl. The molecule has 8 heteroatoms. The fraction of sp³-hybridized carbons (Fsp3) is 0.588. The van der Waals surface area contributed by atoms with E-state index < -0.39 is 16.1 Å². The van der Waals surface area contributed by atoms with Gasteiger partial charge in [0.25, 0.3) is 0 Å². The van der Waals surface area contributed by atoms with Crippen LogP contribution in [0.4, 0.5) is 5.69 Å². The number of nitrogens with one attached hydrogen (secondary N) is 1. The summed E-state index contributed by atoms with van der Waals surface area (Å²) in [5, 5.41) is 0. The Morgan fingerprint density at radius 2 is 1.88 bits per heavy atom. The van der Waals surface area contributed by atoms with Gasteiger partial charge in [-0.05, 0) is 43.4 Å². The average molecular weight is 388 g/mol. The maximum Gasteiger partial charge on any atom is 0.243 e. The molecule has 1 aromatic carbocycles. The standard InChI is InChI=1S/C17H25N3O3S.ClH/c1-24(22,23)19-12-17(9-3-10-17)13-5-7-14(8-6-13)20-11-2-4-15(18)16(20)21;/h5-8,15,19H,2-4,9-12,18H2,1H3;1H/t15-;/m1./s1. The first-order valence-electron chi connectivity index (χ1n) is 8.43. The third kappa shape index (κ3) is 4.34. The van der Waals surface area contributed by atoms with Crippen LogP contribution in [0.15, 0.2) is 24.3 Å². The van der Waals surface area contributed by atoms with Crippen molar-refractivity contribution in [3.8, 4) is 0 Å². The first-order valence-corrected chi connectivity index (χ1v) is 10.3. The van der Waals surface area contributed by atoms with Gasteiger partial charge in [0, 0.05) is 24.2 Å². The van der Waals surface area contributed by atoms with E-state index in [1.165, 1.54) is 6.26 Å². The van der Waals surface area contributed by atoms with Crippen molar-refractivity contribution in [3.63, 3.8) is 0 Å². The number of piperidine rings is 1. The molecule has 25 heavy (non-hydrogen) atoms. The number of hydrogen-bond donors (Lipinski definition) is 2. The molecule has 0 radical (unpaired) electrons. The lowest BCUT2D eigenvalue weighted by Gasteiger charge is -2.42. The van der Waals surface area contributed by atoms with Crippen LogP contribution >= 0.6 is 12.4 Å². The maximum atomic E-state index is 12.2. The number of sulfonamides is 1. The summed E-state index contributed by atoms with van der Waals surface area (Å²) in [7, 11) is -3.20. The molecular weight excluding hydrogens is 362 g/mol. The van der Waals surface area contributed by atoms with E-state index >= 15 is 0 Å². The molecule has 1 heterocycles. The number of amides is 1. The zero-order valence-corrected chi connectivity index (χ0v) is 16.0. The smallest absolute Gasteiger partial charge is 0.243 e. The quantitative estimate of drug-likeness (QED) is 0.801. The Balaban J connectivity index is 0.00000225. The fourth-order valence-electron chi connectivity index (χ4n) is 3.59. The Hall–Kier alpha value is -1.15. The molecule has 1 aromatic rings. The van der Waals surface area contributed by atoms with Crippen LogP contribution in [0.3, 0.4) is 0 Å². The summed E-state index contributed by atoms with van der Waals surface area (Å²) in [6.45, 7) is 1.13. The normalized spacial score (nSPS) is 22.9. The Morgan fingerprint density at radius 1 is 1.24 bits per heavy atom. The molecule has 1 amide bonds. The van der Waals surface area contributed by atoms with Gasteiger partial charge in [-0.25, -0.2) is 13.1 Å². The zero-order valence-electron chi connectivity index (χ0n) is 14.4. The van der Waals surface area contributed by atoms with Gasteiger partial charge in [-0.15, -0.1) is 12.4 Å². The van der Waals surface area contributed by atoms with Gasteiger partial charge in [-0.2, -0.15) is 0 Å². The summed E-state index contributed by atoms with van der Waals surface area (Å²) >= 11 is 0. The number of carbonyl (C=O) groups excluding carboxylic acids is 1. The van der Waals surface area contributed by atoms with Gasteiger partial charge in [-0.3, -0.25) is 4.79 Å². The third-order valence-electron chi connectivity index (χ3n) is 5.25. The van der Waals surface area contributed by atoms with Crippen LogP contribution in [-0.4, -0.2) is 39.7 Å². The van der Waals surface area contributed by atoms with Crippen LogP contribution < -0.4 is 15.4 Å². The third-order valence-corrected chi connectivity index (χ3v) is 5.92. The summed E-state index contributed by atoms with van der Waals surface area (Å²) in [6, 6.07) is 7.53. The van der Waals surface area contributed by atoms with Gasteiger partial charge in [0.1, 0.15) is 0 Å². The molecule has 6 nitrogen and oxygen atoms in total. The van der Waals surface area contributed by atoms with Crippen LogP contribution in [0.1, 0.15) is 37.7 Å². The summed E-state index contributed by atoms with van der Waals surface area (Å²) in [6.07, 6.45) is 5.90. The number of rotatable bonds is 5. The van der Waals surface area contributed by atoms with Gasteiger partial charge in [0.05, 0.1) is 12.3 Å². The molecule has 2 fully saturated rings. The topological polar surface area (TPSA) is 92.5 Å². The van der Waals surface area contributed by atoms with E-state index in [0.29, 0.717) is 13.1 Å². The molecule has 0 aromatic heterocycles. The van der Waals surface area contributed by atoms with E-state index in [1.807, 2.05) is 24.3 Å². The van der Waals surface area contributed by atoms with Crippen LogP contribution in [0.5, 0.6) is 0 Å². The second kappa shape index (κ2) is 7.61. The van der Waals surface area contributed by atoms with Gasteiger partial charge in [-0.1, -0.05) is 18.6 Å². The molecule has 0 unspecified atom stereocenters. The molecule has 3 rings (SSSR count). The molecule has 1 aliphatic heterocycles. The van der Waals surface area contributed by atoms with Crippen molar-refractivity contribution < 1.29 is 13.2 Å². The van der Waals surface area contributed by atoms with E-state index in [0.717, 1.165) is 43.4 Å². The maximum absolute atomic E-state index is 12.2. The fourth-order valence-corrected chi connectivity index (χ4v) is 4.13. The number of halogens is 1. The van der Waals surface area contributed by atoms with Crippen LogP contribution in [0.25, 0.3) is 0 Å². The Labute approximate surface area is 155 Å². The van der Waals surface area contributed by atoms with E-state index in [1.54, 1.807) is 4.90 Å². The lowest BCUT2D eigenvalue weighted by atomic mass is 9.64. The summed E-state index contributed by atoms with van der Waals surface area (Å²) in [4.78, 5) is 14.0. The van der Waals surface area contributed by atoms with Crippen molar-refractivity contribution in [2.24, 2.45) is 5.73 Å². The second-order valence-corrected chi connectivity index (χ2v) is 8.85. The highest BCUT2D eigenvalue weighted by molar-refractivity contribution is 7.88. The number of nitrogens with two attached hydrogens (primary N) is 1. The predicted molar refractivity (Wildman–Crippen MR) is 102 cm³/mol. The lowest BCUT2D eigenvalue weighted by molar-refractivity contribution is -0.120. The summed E-state index contributed by atoms with van der Waals surface area (Å²) < 4.78 is 25.5. The van der Waals surface area contributed by atoms with Gasteiger partial charge < -0.3 is 10.6 Å². The minimum absolute atomic E-state index is 0. The van der Waals surface area contributed by atoms with Crippen molar-refractivity contribution in [1.29, 1.82) is 0 Å². The highest BCUT2D eigenvalue weighted by Gasteiger charge is 2.39. The molecule has 3 N–H and O–H groups in total. The van der Waals surface area contributed by atoms with Crippen molar-refractivity contribution in [1.82, 2.24) is 4.72 Å². The van der Waals surface area contributed by atoms with Gasteiger partial charge in [0.15, 0.2) is 0 Å². The van der Waals surface area contributed by atoms with E-state index in [4.69, 9.17) is 5.73 Å². The Morgan fingerprint density at radius 3 is 2.40 bits per heavy atom. The van der Waals surface area contributed by atoms with Crippen LogP contribution in [-0.2, 0) is 20.2 Å². The van der Waals surface area contributed by atoms with Crippen molar-refractivity contribution in [2.45, 2.75) is 43.6 Å². The van der Waals surface area contributed by atoms with E-state index in [2.05, 4.69) is 4.72 Å². The van der Waals surface area contributed by atoms with Crippen molar-refractivity contribution in [3.05, 3.63) is 29.8 Å². The lowest BCUT2D eigenvalue weighted by Crippen LogP contribution is -2.48. The highest BCUT2D eigenvalue weighted by atomic mass is 35.5. The van der Waals surface area contributed by atoms with Crippen LogP contribution in [0, 0.1) is 0 Å². The van der Waals surface area contributed by atoms with Crippen molar-refractivity contribution >= 4 is 34.0 Å². The molecule has 1 saturated carbocycles. The minimum Gasteiger partial charge on any atom is -0.320 e. The molecule has 1 saturated heterocycles. The van der Waals surface area contributed by atoms with Gasteiger partial charge in [0.2, 0.25) is 15.9 Å².